The van der Waals surface area contributed by atoms with Crippen LogP contribution in [0.15, 0.2) is 69.9 Å². The minimum atomic E-state index is -3.64. The largest absolute Gasteiger partial charge is 0.379 e. The summed E-state index contributed by atoms with van der Waals surface area (Å²) in [4.78, 5) is 30.7. The fourth-order valence-electron chi connectivity index (χ4n) is 3.92. The van der Waals surface area contributed by atoms with E-state index in [2.05, 4.69) is 10.3 Å². The highest BCUT2D eigenvalue weighted by Crippen LogP contribution is 2.30. The molecule has 0 unspecified atom stereocenters. The van der Waals surface area contributed by atoms with Gasteiger partial charge in [-0.05, 0) is 42.0 Å². The molecule has 186 valence electrons. The van der Waals surface area contributed by atoms with E-state index in [0.29, 0.717) is 53.3 Å². The number of nitrogens with zero attached hydrogens (tertiary/aromatic N) is 3. The highest BCUT2D eigenvalue weighted by molar-refractivity contribution is 7.89. The van der Waals surface area contributed by atoms with Gasteiger partial charge in [-0.3, -0.25) is 14.2 Å². The molecular formula is C24H21FN4O5S2. The van der Waals surface area contributed by atoms with Crippen molar-refractivity contribution in [2.24, 2.45) is 0 Å². The van der Waals surface area contributed by atoms with E-state index in [9.17, 15) is 22.4 Å². The summed E-state index contributed by atoms with van der Waals surface area (Å²) >= 11 is 1.29. The number of fused-ring (bicyclic) bond motifs is 1. The number of amides is 1. The third kappa shape index (κ3) is 4.80. The average Bonchev–Trinajstić information content (AvgIpc) is 3.32. The first-order valence-corrected chi connectivity index (χ1v) is 13.4. The number of anilines is 1. The van der Waals surface area contributed by atoms with Gasteiger partial charge >= 0.3 is 0 Å². The highest BCUT2D eigenvalue weighted by Gasteiger charge is 2.26. The molecule has 1 N–H and O–H groups in total. The van der Waals surface area contributed by atoms with Crippen LogP contribution >= 0.6 is 11.3 Å². The number of benzene rings is 2. The lowest BCUT2D eigenvalue weighted by Crippen LogP contribution is -2.40. The van der Waals surface area contributed by atoms with Gasteiger partial charge in [-0.15, -0.1) is 11.3 Å². The Morgan fingerprint density at radius 3 is 2.47 bits per heavy atom. The number of carbonyl (C=O) groups is 1. The minimum Gasteiger partial charge on any atom is -0.379 e. The monoisotopic (exact) mass is 528 g/mol. The summed E-state index contributed by atoms with van der Waals surface area (Å²) in [6.07, 6.45) is 1.31. The third-order valence-corrected chi connectivity index (χ3v) is 8.58. The van der Waals surface area contributed by atoms with Crippen molar-refractivity contribution in [1.29, 1.82) is 0 Å². The molecular weight excluding hydrogens is 507 g/mol. The van der Waals surface area contributed by atoms with Gasteiger partial charge in [-0.1, -0.05) is 12.1 Å². The smallest absolute Gasteiger partial charge is 0.263 e. The van der Waals surface area contributed by atoms with Crippen LogP contribution in [-0.4, -0.2) is 54.5 Å². The number of halogens is 1. The Morgan fingerprint density at radius 1 is 1.08 bits per heavy atom. The Hall–Kier alpha value is -3.45. The molecule has 36 heavy (non-hydrogen) atoms. The van der Waals surface area contributed by atoms with E-state index < -0.39 is 15.9 Å². The topological polar surface area (TPSA) is 111 Å². The molecule has 3 heterocycles. The standard InChI is InChI=1S/C24H21FN4O5S2/c25-17-3-1-16(2-4-17)20-14-35-23-22(20)24(31)28(15-26-23)13-21(30)27-18-5-7-19(8-6-18)36(32,33)29-9-11-34-12-10-29/h1-8,14-15H,9-13H2,(H,27,30). The quantitative estimate of drug-likeness (QED) is 0.412. The van der Waals surface area contributed by atoms with Gasteiger partial charge in [0.15, 0.2) is 0 Å². The maximum Gasteiger partial charge on any atom is 0.263 e. The highest BCUT2D eigenvalue weighted by atomic mass is 32.2. The molecule has 5 rings (SSSR count). The summed E-state index contributed by atoms with van der Waals surface area (Å²) in [6.45, 7) is 1.00. The van der Waals surface area contributed by atoms with E-state index in [1.54, 1.807) is 17.5 Å². The number of thiophene rings is 1. The number of nitrogens with one attached hydrogen (secondary N) is 1. The maximum atomic E-state index is 13.3. The number of morpholine rings is 1. The zero-order valence-electron chi connectivity index (χ0n) is 18.9. The number of sulfonamides is 1. The molecule has 9 nitrogen and oxygen atoms in total. The molecule has 12 heteroatoms. The van der Waals surface area contributed by atoms with Crippen LogP contribution < -0.4 is 10.9 Å². The molecule has 2 aromatic carbocycles. The van der Waals surface area contributed by atoms with Crippen molar-refractivity contribution >= 4 is 43.2 Å². The molecule has 1 aliphatic heterocycles. The number of carbonyl (C=O) groups excluding carboxylic acids is 1. The molecule has 2 aromatic heterocycles. The first-order valence-electron chi connectivity index (χ1n) is 11.0. The normalized spacial score (nSPS) is 14.7. The zero-order valence-corrected chi connectivity index (χ0v) is 20.5. The van der Waals surface area contributed by atoms with E-state index >= 15 is 0 Å². The lowest BCUT2D eigenvalue weighted by Gasteiger charge is -2.26. The number of hydrogen-bond acceptors (Lipinski definition) is 7. The Kier molecular flexibility index (Phi) is 6.67. The van der Waals surface area contributed by atoms with E-state index in [0.717, 1.165) is 0 Å². The van der Waals surface area contributed by atoms with Crippen molar-refractivity contribution in [3.8, 4) is 11.1 Å². The fourth-order valence-corrected chi connectivity index (χ4v) is 6.24. The van der Waals surface area contributed by atoms with Crippen molar-refractivity contribution in [2.45, 2.75) is 11.4 Å². The predicted molar refractivity (Wildman–Crippen MR) is 134 cm³/mol. The molecule has 0 atom stereocenters. The van der Waals surface area contributed by atoms with E-state index in [1.165, 1.54) is 62.9 Å². The third-order valence-electron chi connectivity index (χ3n) is 5.78. The second-order valence-electron chi connectivity index (χ2n) is 8.10. The molecule has 0 aliphatic carbocycles. The number of aromatic nitrogens is 2. The van der Waals surface area contributed by atoms with Crippen LogP contribution in [0.1, 0.15) is 0 Å². The molecule has 0 bridgehead atoms. The van der Waals surface area contributed by atoms with Crippen LogP contribution in [0.25, 0.3) is 21.3 Å². The Morgan fingerprint density at radius 2 is 1.78 bits per heavy atom. The molecule has 1 aliphatic rings. The van der Waals surface area contributed by atoms with Crippen molar-refractivity contribution in [1.82, 2.24) is 13.9 Å². The van der Waals surface area contributed by atoms with Gasteiger partial charge in [0, 0.05) is 29.7 Å². The lowest BCUT2D eigenvalue weighted by atomic mass is 10.1. The van der Waals surface area contributed by atoms with Crippen molar-refractivity contribution in [2.75, 3.05) is 31.6 Å². The summed E-state index contributed by atoms with van der Waals surface area (Å²) in [5, 5.41) is 4.82. The van der Waals surface area contributed by atoms with Gasteiger partial charge in [0.05, 0.1) is 29.8 Å². The van der Waals surface area contributed by atoms with Crippen LogP contribution in [0.5, 0.6) is 0 Å². The van der Waals surface area contributed by atoms with Crippen LogP contribution in [-0.2, 0) is 26.1 Å². The van der Waals surface area contributed by atoms with Gasteiger partial charge in [0.1, 0.15) is 17.2 Å². The maximum absolute atomic E-state index is 13.3. The Bertz CT molecular complexity index is 1580. The molecule has 0 radical (unpaired) electrons. The second-order valence-corrected chi connectivity index (χ2v) is 10.9. The summed E-state index contributed by atoms with van der Waals surface area (Å²) in [5.74, 6) is -0.849. The first-order chi connectivity index (χ1) is 17.3. The van der Waals surface area contributed by atoms with Crippen LogP contribution in [0.2, 0.25) is 0 Å². The van der Waals surface area contributed by atoms with Crippen LogP contribution in [0, 0.1) is 5.82 Å². The molecule has 0 saturated carbocycles. The number of ether oxygens (including phenoxy) is 1. The first kappa shape index (κ1) is 24.3. The van der Waals surface area contributed by atoms with E-state index in [-0.39, 0.29) is 22.8 Å². The Labute approximate surface area is 209 Å². The number of rotatable bonds is 6. The molecule has 1 amide bonds. The summed E-state index contributed by atoms with van der Waals surface area (Å²) < 4.78 is 46.6. The van der Waals surface area contributed by atoms with Crippen LogP contribution in [0.3, 0.4) is 0 Å². The molecule has 1 saturated heterocycles. The summed E-state index contributed by atoms with van der Waals surface area (Å²) in [7, 11) is -3.64. The minimum absolute atomic E-state index is 0.124. The molecule has 1 fully saturated rings. The SMILES string of the molecule is O=C(Cn1cnc2scc(-c3ccc(F)cc3)c2c1=O)Nc1ccc(S(=O)(=O)N2CCOCC2)cc1. The lowest BCUT2D eigenvalue weighted by molar-refractivity contribution is -0.116. The Balaban J connectivity index is 1.32. The van der Waals surface area contributed by atoms with Crippen LogP contribution in [0.4, 0.5) is 10.1 Å². The second kappa shape index (κ2) is 9.90. The van der Waals surface area contributed by atoms with Gasteiger partial charge in [-0.2, -0.15) is 4.31 Å². The molecule has 0 spiro atoms. The van der Waals surface area contributed by atoms with Gasteiger partial charge < -0.3 is 10.1 Å². The average molecular weight is 529 g/mol. The fraction of sp³-hybridized carbons (Fsp3) is 0.208. The van der Waals surface area contributed by atoms with E-state index in [4.69, 9.17) is 4.74 Å². The van der Waals surface area contributed by atoms with Gasteiger partial charge in [0.25, 0.3) is 5.56 Å². The number of hydrogen-bond donors (Lipinski definition) is 1. The van der Waals surface area contributed by atoms with Crippen molar-refractivity contribution in [3.05, 3.63) is 76.4 Å². The van der Waals surface area contributed by atoms with Crippen molar-refractivity contribution in [3.63, 3.8) is 0 Å². The summed E-state index contributed by atoms with van der Waals surface area (Å²) in [6, 6.07) is 11.7. The molecule has 4 aromatic rings. The van der Waals surface area contributed by atoms with Gasteiger partial charge in [-0.25, -0.2) is 17.8 Å². The van der Waals surface area contributed by atoms with Gasteiger partial charge in [0.2, 0.25) is 15.9 Å². The zero-order chi connectivity index (χ0) is 25.3. The predicted octanol–water partition coefficient (Wildman–Crippen LogP) is 2.92. The summed E-state index contributed by atoms with van der Waals surface area (Å²) in [5.41, 5.74) is 1.31. The van der Waals surface area contributed by atoms with Crippen molar-refractivity contribution < 1.29 is 22.3 Å². The van der Waals surface area contributed by atoms with E-state index in [1.807, 2.05) is 0 Å².